The molecule has 1 aromatic heterocycles. The van der Waals surface area contributed by atoms with Crippen molar-refractivity contribution in [3.63, 3.8) is 0 Å². The molecule has 0 saturated heterocycles. The van der Waals surface area contributed by atoms with E-state index in [1.54, 1.807) is 7.11 Å². The lowest BCUT2D eigenvalue weighted by Crippen LogP contribution is -2.30. The lowest BCUT2D eigenvalue weighted by molar-refractivity contribution is -0.121. The Morgan fingerprint density at radius 2 is 1.74 bits per heavy atom. The number of methoxy groups -OCH3 is 1. The van der Waals surface area contributed by atoms with Gasteiger partial charge >= 0.3 is 0 Å². The first-order valence-corrected chi connectivity index (χ1v) is 12.1. The second kappa shape index (κ2) is 11.6. The minimum Gasteiger partial charge on any atom is -0.497 e. The summed E-state index contributed by atoms with van der Waals surface area (Å²) in [6, 6.07) is 23.6. The predicted octanol–water partition coefficient (Wildman–Crippen LogP) is 5.63. The zero-order valence-electron chi connectivity index (χ0n) is 20.7. The van der Waals surface area contributed by atoms with Gasteiger partial charge in [0.2, 0.25) is 5.91 Å². The van der Waals surface area contributed by atoms with Gasteiger partial charge in [-0.2, -0.15) is 0 Å². The Morgan fingerprint density at radius 3 is 2.51 bits per heavy atom. The van der Waals surface area contributed by atoms with Crippen LogP contribution in [0, 0.1) is 6.92 Å². The van der Waals surface area contributed by atoms with Crippen LogP contribution in [0.15, 0.2) is 72.8 Å². The van der Waals surface area contributed by atoms with E-state index < -0.39 is 0 Å². The van der Waals surface area contributed by atoms with Crippen LogP contribution in [-0.4, -0.2) is 29.2 Å². The first kappa shape index (κ1) is 24.3. The average Bonchev–Trinajstić information content (AvgIpc) is 3.24. The van der Waals surface area contributed by atoms with E-state index in [1.807, 2.05) is 67.6 Å². The van der Waals surface area contributed by atoms with Crippen LogP contribution < -0.4 is 14.8 Å². The lowest BCUT2D eigenvalue weighted by Gasteiger charge is -2.17. The van der Waals surface area contributed by atoms with Crippen molar-refractivity contribution in [1.29, 1.82) is 0 Å². The number of hydrogen-bond donors (Lipinski definition) is 1. The van der Waals surface area contributed by atoms with E-state index in [0.29, 0.717) is 13.0 Å². The molecule has 182 valence electrons. The summed E-state index contributed by atoms with van der Waals surface area (Å²) >= 11 is 0. The molecule has 0 fully saturated rings. The van der Waals surface area contributed by atoms with Gasteiger partial charge in [-0.25, -0.2) is 4.98 Å². The molecule has 1 amide bonds. The average molecular weight is 472 g/mol. The highest BCUT2D eigenvalue weighted by molar-refractivity contribution is 5.79. The maximum Gasteiger partial charge on any atom is 0.224 e. The van der Waals surface area contributed by atoms with Crippen LogP contribution in [0.3, 0.4) is 0 Å². The molecule has 6 heteroatoms. The van der Waals surface area contributed by atoms with Crippen molar-refractivity contribution in [2.45, 2.75) is 45.7 Å². The van der Waals surface area contributed by atoms with Gasteiger partial charge in [0.25, 0.3) is 0 Å². The molecule has 0 spiro atoms. The Labute approximate surface area is 206 Å². The summed E-state index contributed by atoms with van der Waals surface area (Å²) in [6.45, 7) is 5.53. The zero-order chi connectivity index (χ0) is 24.6. The highest BCUT2D eigenvalue weighted by Gasteiger charge is 2.18. The Balaban J connectivity index is 1.38. The van der Waals surface area contributed by atoms with Crippen molar-refractivity contribution in [3.05, 3.63) is 89.7 Å². The minimum atomic E-state index is -0.212. The molecule has 0 saturated carbocycles. The second-order valence-electron chi connectivity index (χ2n) is 8.75. The van der Waals surface area contributed by atoms with Crippen LogP contribution in [-0.2, 0) is 17.8 Å². The summed E-state index contributed by atoms with van der Waals surface area (Å²) in [7, 11) is 1.63. The van der Waals surface area contributed by atoms with Crippen LogP contribution in [0.5, 0.6) is 11.5 Å². The van der Waals surface area contributed by atoms with Crippen molar-refractivity contribution in [2.75, 3.05) is 13.7 Å². The van der Waals surface area contributed by atoms with Gasteiger partial charge in [0.05, 0.1) is 37.2 Å². The number of benzene rings is 3. The van der Waals surface area contributed by atoms with Crippen molar-refractivity contribution in [2.24, 2.45) is 0 Å². The van der Waals surface area contributed by atoms with Crippen LogP contribution >= 0.6 is 0 Å². The van der Waals surface area contributed by atoms with E-state index in [4.69, 9.17) is 14.5 Å². The molecule has 6 nitrogen and oxygen atoms in total. The molecule has 35 heavy (non-hydrogen) atoms. The summed E-state index contributed by atoms with van der Waals surface area (Å²) in [5.41, 5.74) is 4.11. The quantitative estimate of drug-likeness (QED) is 0.288. The number of para-hydroxylation sites is 3. The first-order chi connectivity index (χ1) is 17.0. The Kier molecular flexibility index (Phi) is 8.03. The van der Waals surface area contributed by atoms with Gasteiger partial charge in [0, 0.05) is 6.54 Å². The molecule has 0 aliphatic rings. The maximum absolute atomic E-state index is 12.7. The van der Waals surface area contributed by atoms with E-state index in [0.717, 1.165) is 58.9 Å². The molecule has 0 bridgehead atoms. The number of fused-ring (bicyclic) bond motifs is 1. The molecule has 0 aliphatic carbocycles. The van der Waals surface area contributed by atoms with Gasteiger partial charge in [0.1, 0.15) is 17.3 Å². The number of nitrogens with one attached hydrogen (secondary N) is 1. The molecule has 4 aromatic rings. The summed E-state index contributed by atoms with van der Waals surface area (Å²) < 4.78 is 13.4. The normalized spacial score (nSPS) is 11.9. The number of ether oxygens (including phenoxy) is 2. The Bertz CT molecular complexity index is 1260. The Morgan fingerprint density at radius 1 is 1.00 bits per heavy atom. The molecular formula is C29H33N3O3. The number of imidazole rings is 1. The molecular weight excluding hydrogens is 438 g/mol. The zero-order valence-corrected chi connectivity index (χ0v) is 20.7. The standard InChI is InChI=1S/C29H33N3O3/c1-21-10-4-7-13-27(21)35-19-9-8-18-32-26-12-6-5-11-25(26)31-29(32)22(2)30-28(33)20-23-14-16-24(34-3)17-15-23/h4-7,10-17,22H,8-9,18-20H2,1-3H3,(H,30,33). The van der Waals surface area contributed by atoms with Crippen LogP contribution in [0.2, 0.25) is 0 Å². The SMILES string of the molecule is COc1ccc(CC(=O)NC(C)c2nc3ccccc3n2CCCCOc2ccccc2C)cc1. The summed E-state index contributed by atoms with van der Waals surface area (Å²) in [4.78, 5) is 17.6. The second-order valence-corrected chi connectivity index (χ2v) is 8.75. The largest absolute Gasteiger partial charge is 0.497 e. The van der Waals surface area contributed by atoms with E-state index in [2.05, 4.69) is 28.9 Å². The van der Waals surface area contributed by atoms with E-state index >= 15 is 0 Å². The lowest BCUT2D eigenvalue weighted by atomic mass is 10.1. The van der Waals surface area contributed by atoms with E-state index in [9.17, 15) is 4.79 Å². The van der Waals surface area contributed by atoms with Crippen molar-refractivity contribution in [3.8, 4) is 11.5 Å². The molecule has 1 heterocycles. The van der Waals surface area contributed by atoms with Gasteiger partial charge in [-0.15, -0.1) is 0 Å². The molecule has 0 radical (unpaired) electrons. The molecule has 1 atom stereocenters. The number of carbonyl (C=O) groups excluding carboxylic acids is 1. The number of aromatic nitrogens is 2. The van der Waals surface area contributed by atoms with Gasteiger partial charge < -0.3 is 19.4 Å². The molecule has 0 aliphatic heterocycles. The summed E-state index contributed by atoms with van der Waals surface area (Å²) in [5.74, 6) is 2.55. The number of hydrogen-bond acceptors (Lipinski definition) is 4. The van der Waals surface area contributed by atoms with Gasteiger partial charge in [-0.05, 0) is 68.1 Å². The monoisotopic (exact) mass is 471 g/mol. The van der Waals surface area contributed by atoms with E-state index in [1.165, 1.54) is 0 Å². The molecule has 3 aromatic carbocycles. The number of unbranched alkanes of at least 4 members (excludes halogenated alkanes) is 1. The number of aryl methyl sites for hydroxylation is 2. The predicted molar refractivity (Wildman–Crippen MR) is 139 cm³/mol. The van der Waals surface area contributed by atoms with Crippen molar-refractivity contribution >= 4 is 16.9 Å². The fraction of sp³-hybridized carbons (Fsp3) is 0.310. The molecule has 4 rings (SSSR count). The van der Waals surface area contributed by atoms with Gasteiger partial charge in [-0.1, -0.05) is 42.5 Å². The summed E-state index contributed by atoms with van der Waals surface area (Å²) in [6.07, 6.45) is 2.19. The fourth-order valence-electron chi connectivity index (χ4n) is 4.22. The van der Waals surface area contributed by atoms with E-state index in [-0.39, 0.29) is 11.9 Å². The van der Waals surface area contributed by atoms with Crippen LogP contribution in [0.4, 0.5) is 0 Å². The van der Waals surface area contributed by atoms with Crippen LogP contribution in [0.1, 0.15) is 42.8 Å². The van der Waals surface area contributed by atoms with Gasteiger partial charge in [-0.3, -0.25) is 4.79 Å². The van der Waals surface area contributed by atoms with Crippen molar-refractivity contribution < 1.29 is 14.3 Å². The third kappa shape index (κ3) is 6.21. The number of rotatable bonds is 11. The van der Waals surface area contributed by atoms with Crippen LogP contribution in [0.25, 0.3) is 11.0 Å². The van der Waals surface area contributed by atoms with Gasteiger partial charge in [0.15, 0.2) is 0 Å². The first-order valence-electron chi connectivity index (χ1n) is 12.1. The fourth-order valence-corrected chi connectivity index (χ4v) is 4.22. The number of amides is 1. The Hall–Kier alpha value is -3.80. The van der Waals surface area contributed by atoms with Crippen molar-refractivity contribution in [1.82, 2.24) is 14.9 Å². The highest BCUT2D eigenvalue weighted by atomic mass is 16.5. The molecule has 1 N–H and O–H groups in total. The highest BCUT2D eigenvalue weighted by Crippen LogP contribution is 2.22. The minimum absolute atomic E-state index is 0.0343. The smallest absolute Gasteiger partial charge is 0.224 e. The molecule has 1 unspecified atom stereocenters. The number of nitrogens with zero attached hydrogens (tertiary/aromatic N) is 2. The number of carbonyl (C=O) groups is 1. The maximum atomic E-state index is 12.7. The summed E-state index contributed by atoms with van der Waals surface area (Å²) in [5, 5.41) is 3.13. The third-order valence-electron chi connectivity index (χ3n) is 6.10. The topological polar surface area (TPSA) is 65.4 Å². The third-order valence-corrected chi connectivity index (χ3v) is 6.10.